The van der Waals surface area contributed by atoms with Crippen LogP contribution >= 0.6 is 0 Å². The molecule has 0 bridgehead atoms. The largest absolute Gasteiger partial charge is 0.358 e. The van der Waals surface area contributed by atoms with Gasteiger partial charge in [-0.25, -0.2) is 0 Å². The van der Waals surface area contributed by atoms with Gasteiger partial charge >= 0.3 is 0 Å². The van der Waals surface area contributed by atoms with Crippen LogP contribution < -0.4 is 0 Å². The molecule has 0 aliphatic carbocycles. The van der Waals surface area contributed by atoms with Crippen molar-refractivity contribution in [1.29, 1.82) is 0 Å². The van der Waals surface area contributed by atoms with E-state index in [1.165, 1.54) is 0 Å². The first-order valence-electron chi connectivity index (χ1n) is 0. The SMILES string of the molecule is [CH3-].[Cr].[Ni].[Pt]. The summed E-state index contributed by atoms with van der Waals surface area (Å²) in [6.07, 6.45) is 0. The Kier molecular flexibility index (Phi) is 239. The molecule has 0 atom stereocenters. The molecule has 0 aliphatic rings. The molecule has 0 unspecified atom stereocenters. The summed E-state index contributed by atoms with van der Waals surface area (Å²) in [7, 11) is 0. The Morgan fingerprint density at radius 3 is 1.00 bits per heavy atom. The van der Waals surface area contributed by atoms with Gasteiger partial charge in [0, 0.05) is 54.9 Å². The summed E-state index contributed by atoms with van der Waals surface area (Å²) in [6.45, 7) is 0. The van der Waals surface area contributed by atoms with Crippen molar-refractivity contribution in [2.24, 2.45) is 0 Å². The molecule has 0 heterocycles. The van der Waals surface area contributed by atoms with Gasteiger partial charge in [0.25, 0.3) is 0 Å². The van der Waals surface area contributed by atoms with Gasteiger partial charge < -0.3 is 7.43 Å². The first-order chi connectivity index (χ1) is 0. The Labute approximate surface area is 62.0 Å². The average molecular weight is 321 g/mol. The van der Waals surface area contributed by atoms with Crippen molar-refractivity contribution in [3.63, 3.8) is 0 Å². The Hall–Kier alpha value is 1.71. The maximum Gasteiger partial charge on any atom is 0 e. The molecular formula is CH3CrNiPt-. The molecule has 0 aliphatic heterocycles. The Morgan fingerprint density at radius 2 is 1.00 bits per heavy atom. The minimum Gasteiger partial charge on any atom is -0.358 e. The van der Waals surface area contributed by atoms with Gasteiger partial charge in [-0.05, 0) is 0 Å². The van der Waals surface area contributed by atoms with E-state index in [4.69, 9.17) is 0 Å². The average Bonchev–Trinajstić information content (AvgIpc) is 0. The molecule has 0 saturated heterocycles. The molecule has 0 radical (unpaired) electrons. The summed E-state index contributed by atoms with van der Waals surface area (Å²) in [5.74, 6) is 0. The van der Waals surface area contributed by atoms with Crippen LogP contribution in [0.4, 0.5) is 0 Å². The number of hydrogen-bond donors (Lipinski definition) is 0. The maximum absolute atomic E-state index is 0. The van der Waals surface area contributed by atoms with Gasteiger partial charge in [0.15, 0.2) is 0 Å². The molecule has 0 N–H and O–H groups in total. The van der Waals surface area contributed by atoms with Gasteiger partial charge in [-0.3, -0.25) is 0 Å². The second kappa shape index (κ2) is 22.1. The molecule has 34 valence electrons. The van der Waals surface area contributed by atoms with E-state index in [-0.39, 0.29) is 62.3 Å². The molecule has 0 aromatic rings. The van der Waals surface area contributed by atoms with E-state index in [2.05, 4.69) is 0 Å². The number of rotatable bonds is 0. The molecule has 0 rings (SSSR count). The van der Waals surface area contributed by atoms with Crippen LogP contribution in [0.5, 0.6) is 0 Å². The van der Waals surface area contributed by atoms with E-state index in [1.54, 1.807) is 0 Å². The van der Waals surface area contributed by atoms with Crippen molar-refractivity contribution in [3.8, 4) is 0 Å². The van der Waals surface area contributed by atoms with Crippen molar-refractivity contribution < 1.29 is 54.9 Å². The summed E-state index contributed by atoms with van der Waals surface area (Å²) < 4.78 is 0. The molecule has 0 saturated carbocycles. The summed E-state index contributed by atoms with van der Waals surface area (Å²) >= 11 is 0. The van der Waals surface area contributed by atoms with E-state index in [0.29, 0.717) is 0 Å². The van der Waals surface area contributed by atoms with E-state index >= 15 is 0 Å². The minimum absolute atomic E-state index is 0. The first kappa shape index (κ1) is 43.2. The second-order valence-electron chi connectivity index (χ2n) is 0. The molecule has 0 fully saturated rings. The maximum atomic E-state index is 0. The van der Waals surface area contributed by atoms with E-state index < -0.39 is 0 Å². The van der Waals surface area contributed by atoms with Crippen LogP contribution in [0.15, 0.2) is 0 Å². The summed E-state index contributed by atoms with van der Waals surface area (Å²) in [5.41, 5.74) is 0. The third-order valence-corrected chi connectivity index (χ3v) is 0. The van der Waals surface area contributed by atoms with Gasteiger partial charge in [-0.15, -0.1) is 0 Å². The second-order valence-corrected chi connectivity index (χ2v) is 0. The summed E-state index contributed by atoms with van der Waals surface area (Å²) in [4.78, 5) is 0. The van der Waals surface area contributed by atoms with Crippen LogP contribution in [-0.2, 0) is 54.9 Å². The van der Waals surface area contributed by atoms with Crippen molar-refractivity contribution in [1.82, 2.24) is 0 Å². The zero-order valence-corrected chi connectivity index (χ0v) is 6.58. The van der Waals surface area contributed by atoms with Crippen molar-refractivity contribution in [2.45, 2.75) is 0 Å². The normalized spacial score (nSPS) is 0. The van der Waals surface area contributed by atoms with Crippen LogP contribution in [-0.4, -0.2) is 0 Å². The summed E-state index contributed by atoms with van der Waals surface area (Å²) in [6, 6.07) is 0. The van der Waals surface area contributed by atoms with Crippen LogP contribution in [0.25, 0.3) is 0 Å². The molecule has 0 spiro atoms. The van der Waals surface area contributed by atoms with Crippen LogP contribution in [0.2, 0.25) is 0 Å². The van der Waals surface area contributed by atoms with Gasteiger partial charge in [-0.1, -0.05) is 0 Å². The Balaban J connectivity index is 0. The van der Waals surface area contributed by atoms with E-state index in [0.717, 1.165) is 0 Å². The fourth-order valence-corrected chi connectivity index (χ4v) is 0. The molecule has 3 heteroatoms. The van der Waals surface area contributed by atoms with E-state index in [9.17, 15) is 0 Å². The fourth-order valence-electron chi connectivity index (χ4n) is 0. The number of hydrogen-bond acceptors (Lipinski definition) is 0. The molecule has 0 aromatic heterocycles. The van der Waals surface area contributed by atoms with Crippen LogP contribution in [0.1, 0.15) is 0 Å². The van der Waals surface area contributed by atoms with Gasteiger partial charge in [0.1, 0.15) is 0 Å². The topological polar surface area (TPSA) is 0 Å². The summed E-state index contributed by atoms with van der Waals surface area (Å²) in [5, 5.41) is 0. The fraction of sp³-hybridized carbons (Fsp3) is 0. The van der Waals surface area contributed by atoms with Crippen LogP contribution in [0.3, 0.4) is 0 Å². The van der Waals surface area contributed by atoms with Crippen molar-refractivity contribution >= 4 is 0 Å². The van der Waals surface area contributed by atoms with Gasteiger partial charge in [-0.2, -0.15) is 0 Å². The monoisotopic (exact) mass is 320 g/mol. The minimum atomic E-state index is 0. The van der Waals surface area contributed by atoms with Gasteiger partial charge in [0.2, 0.25) is 0 Å². The molecule has 0 aromatic carbocycles. The predicted molar refractivity (Wildman–Crippen MR) is 6.41 cm³/mol. The van der Waals surface area contributed by atoms with E-state index in [1.807, 2.05) is 0 Å². The Morgan fingerprint density at radius 1 is 1.00 bits per heavy atom. The third-order valence-electron chi connectivity index (χ3n) is 0. The quantitative estimate of drug-likeness (QED) is 0.449. The predicted octanol–water partition coefficient (Wildman–Crippen LogP) is 0.443. The first-order valence-corrected chi connectivity index (χ1v) is 0. The van der Waals surface area contributed by atoms with Crippen molar-refractivity contribution in [3.05, 3.63) is 7.43 Å². The Bertz CT molecular complexity index is 8.00. The smallest absolute Gasteiger partial charge is 0 e. The molecule has 0 amide bonds. The van der Waals surface area contributed by atoms with Crippen molar-refractivity contribution in [2.75, 3.05) is 0 Å². The standard InChI is InChI=1S/CH3.Cr.Ni.Pt/h1H3;;;/q-1;;;. The van der Waals surface area contributed by atoms with Gasteiger partial charge in [0.05, 0.1) is 0 Å². The molecule has 4 heavy (non-hydrogen) atoms. The zero-order chi connectivity index (χ0) is 0. The molecular weight excluding hydrogens is 318 g/mol. The molecule has 0 nitrogen and oxygen atoms in total. The third kappa shape index (κ3) is 9.31. The zero-order valence-electron chi connectivity index (χ0n) is 2.04. The van der Waals surface area contributed by atoms with Crippen LogP contribution in [0, 0.1) is 7.43 Å².